The molecule has 0 aliphatic rings. The molecule has 1 aromatic rings. The largest absolute Gasteiger partial charge is 0.495 e. The summed E-state index contributed by atoms with van der Waals surface area (Å²) in [6.45, 7) is 2.08. The number of hydrogen-bond acceptors (Lipinski definition) is 5. The molecule has 1 aromatic carbocycles. The number of amides is 1. The average Bonchev–Trinajstić information content (AvgIpc) is 2.47. The summed E-state index contributed by atoms with van der Waals surface area (Å²) in [5.74, 6) is 0.396. The number of benzene rings is 1. The van der Waals surface area contributed by atoms with Crippen LogP contribution in [-0.4, -0.2) is 37.1 Å². The number of esters is 1. The molecule has 0 saturated carbocycles. The number of rotatable bonds is 7. The van der Waals surface area contributed by atoms with Crippen molar-refractivity contribution in [1.82, 2.24) is 0 Å². The van der Waals surface area contributed by atoms with E-state index in [1.165, 1.54) is 11.8 Å². The van der Waals surface area contributed by atoms with Gasteiger partial charge in [-0.3, -0.25) is 9.59 Å². The molecule has 9 heteroatoms. The molecule has 0 aromatic heterocycles. The van der Waals surface area contributed by atoms with Gasteiger partial charge >= 0.3 is 5.97 Å². The number of carbonyl (C=O) groups excluding carboxylic acids is 2. The summed E-state index contributed by atoms with van der Waals surface area (Å²) in [6.07, 6.45) is 0. The van der Waals surface area contributed by atoms with Crippen molar-refractivity contribution < 1.29 is 19.1 Å². The minimum atomic E-state index is -0.324. The van der Waals surface area contributed by atoms with Crippen LogP contribution in [0.3, 0.4) is 0 Å². The van der Waals surface area contributed by atoms with Gasteiger partial charge in [-0.2, -0.15) is 0 Å². The van der Waals surface area contributed by atoms with E-state index in [2.05, 4.69) is 53.1 Å². The minimum absolute atomic E-state index is 0.149. The van der Waals surface area contributed by atoms with Gasteiger partial charge in [0.1, 0.15) is 5.75 Å². The van der Waals surface area contributed by atoms with Crippen molar-refractivity contribution >= 4 is 77.1 Å². The molecule has 0 radical (unpaired) electrons. The Bertz CT molecular complexity index is 569. The molecule has 0 aliphatic heterocycles. The van der Waals surface area contributed by atoms with E-state index in [1.807, 2.05) is 0 Å². The Kier molecular flexibility index (Phi) is 8.81. The van der Waals surface area contributed by atoms with Gasteiger partial charge in [-0.15, -0.1) is 11.8 Å². The van der Waals surface area contributed by atoms with E-state index >= 15 is 0 Å². The Labute approximate surface area is 158 Å². The van der Waals surface area contributed by atoms with Crippen LogP contribution in [0.5, 0.6) is 5.75 Å². The highest BCUT2D eigenvalue weighted by atomic mass is 79.9. The van der Waals surface area contributed by atoms with Crippen LogP contribution in [0.15, 0.2) is 19.5 Å². The predicted molar refractivity (Wildman–Crippen MR) is 98.7 cm³/mol. The molecule has 0 bridgehead atoms. The average molecular weight is 520 g/mol. The van der Waals surface area contributed by atoms with Gasteiger partial charge in [0.2, 0.25) is 5.91 Å². The topological polar surface area (TPSA) is 64.6 Å². The lowest BCUT2D eigenvalue weighted by molar-refractivity contribution is -0.139. The molecule has 0 spiro atoms. The molecule has 0 fully saturated rings. The maximum absolute atomic E-state index is 11.9. The molecule has 0 aliphatic carbocycles. The van der Waals surface area contributed by atoms with Gasteiger partial charge in [-0.05, 0) is 60.8 Å². The minimum Gasteiger partial charge on any atom is -0.495 e. The van der Waals surface area contributed by atoms with Crippen LogP contribution in [0, 0.1) is 0 Å². The summed E-state index contributed by atoms with van der Waals surface area (Å²) in [7, 11) is 1.56. The highest BCUT2D eigenvalue weighted by molar-refractivity contribution is 9.13. The van der Waals surface area contributed by atoms with Gasteiger partial charge in [0.25, 0.3) is 0 Å². The monoisotopic (exact) mass is 517 g/mol. The molecule has 5 nitrogen and oxygen atoms in total. The van der Waals surface area contributed by atoms with E-state index in [1.54, 1.807) is 20.1 Å². The van der Waals surface area contributed by atoms with E-state index in [0.29, 0.717) is 31.5 Å². The number of anilines is 1. The summed E-state index contributed by atoms with van der Waals surface area (Å²) < 4.78 is 12.1. The van der Waals surface area contributed by atoms with Crippen molar-refractivity contribution in [2.75, 3.05) is 30.5 Å². The third-order valence-corrected chi connectivity index (χ3v) is 6.01. The second-order valence-electron chi connectivity index (χ2n) is 3.91. The van der Waals surface area contributed by atoms with Gasteiger partial charge in [0, 0.05) is 4.47 Å². The highest BCUT2D eigenvalue weighted by Gasteiger charge is 2.16. The van der Waals surface area contributed by atoms with Crippen LogP contribution in [0.2, 0.25) is 0 Å². The van der Waals surface area contributed by atoms with Gasteiger partial charge in [-0.25, -0.2) is 0 Å². The summed E-state index contributed by atoms with van der Waals surface area (Å²) in [4.78, 5) is 23.1. The third kappa shape index (κ3) is 5.75. The Morgan fingerprint density at radius 2 is 1.91 bits per heavy atom. The summed E-state index contributed by atoms with van der Waals surface area (Å²) in [6, 6.07) is 1.75. The predicted octanol–water partition coefficient (Wildman–Crippen LogP) is 4.22. The Hall–Kier alpha value is -0.250. The standard InChI is InChI=1S/C13H14Br3NO4S/c1-3-21-10(19)6-22-5-9(18)17-13-7(14)4-8(20-2)11(15)12(13)16/h4H,3,5-6H2,1-2H3,(H,17,18). The molecule has 0 atom stereocenters. The first kappa shape index (κ1) is 19.8. The first-order valence-electron chi connectivity index (χ1n) is 6.15. The van der Waals surface area contributed by atoms with Crippen molar-refractivity contribution in [2.24, 2.45) is 0 Å². The Morgan fingerprint density at radius 3 is 2.50 bits per heavy atom. The fourth-order valence-electron chi connectivity index (χ4n) is 1.44. The third-order valence-electron chi connectivity index (χ3n) is 2.37. The van der Waals surface area contributed by atoms with Crippen LogP contribution in [0.1, 0.15) is 6.92 Å². The van der Waals surface area contributed by atoms with Crippen LogP contribution in [0.25, 0.3) is 0 Å². The van der Waals surface area contributed by atoms with Crippen molar-refractivity contribution in [3.63, 3.8) is 0 Å². The lowest BCUT2D eigenvalue weighted by atomic mass is 10.3. The zero-order valence-corrected chi connectivity index (χ0v) is 17.4. The van der Waals surface area contributed by atoms with E-state index in [4.69, 9.17) is 9.47 Å². The maximum atomic E-state index is 11.9. The number of methoxy groups -OCH3 is 1. The number of halogens is 3. The first-order chi connectivity index (χ1) is 10.4. The fourth-order valence-corrected chi connectivity index (χ4v) is 3.81. The van der Waals surface area contributed by atoms with Gasteiger partial charge in [0.15, 0.2) is 0 Å². The zero-order valence-electron chi connectivity index (χ0n) is 11.9. The summed E-state index contributed by atoms with van der Waals surface area (Å²) in [5.41, 5.74) is 0.592. The van der Waals surface area contributed by atoms with E-state index < -0.39 is 0 Å². The number of thioether (sulfide) groups is 1. The Morgan fingerprint density at radius 1 is 1.23 bits per heavy atom. The second kappa shape index (κ2) is 9.79. The van der Waals surface area contributed by atoms with E-state index in [9.17, 15) is 9.59 Å². The van der Waals surface area contributed by atoms with E-state index in [-0.39, 0.29) is 23.4 Å². The molecule has 22 heavy (non-hydrogen) atoms. The number of hydrogen-bond donors (Lipinski definition) is 1. The van der Waals surface area contributed by atoms with Gasteiger partial charge in [-0.1, -0.05) is 0 Å². The summed E-state index contributed by atoms with van der Waals surface area (Å²) >= 11 is 11.4. The molecule has 0 heterocycles. The van der Waals surface area contributed by atoms with Crippen LogP contribution in [-0.2, 0) is 14.3 Å². The Balaban J connectivity index is 2.65. The molecule has 1 rings (SSSR count). The van der Waals surface area contributed by atoms with Crippen molar-refractivity contribution in [3.8, 4) is 5.75 Å². The van der Waals surface area contributed by atoms with Crippen molar-refractivity contribution in [2.45, 2.75) is 6.92 Å². The SMILES string of the molecule is CCOC(=O)CSCC(=O)Nc1c(Br)cc(OC)c(Br)c1Br. The van der Waals surface area contributed by atoms with Gasteiger partial charge in [0.05, 0.1) is 39.9 Å². The van der Waals surface area contributed by atoms with Crippen LogP contribution >= 0.6 is 59.6 Å². The normalized spacial score (nSPS) is 10.2. The lowest BCUT2D eigenvalue weighted by Crippen LogP contribution is -2.17. The maximum Gasteiger partial charge on any atom is 0.315 e. The smallest absolute Gasteiger partial charge is 0.315 e. The second-order valence-corrected chi connectivity index (χ2v) is 7.34. The quantitative estimate of drug-likeness (QED) is 0.432. The molecule has 1 N–H and O–H groups in total. The van der Waals surface area contributed by atoms with Crippen molar-refractivity contribution in [3.05, 3.63) is 19.5 Å². The van der Waals surface area contributed by atoms with Crippen molar-refractivity contribution in [1.29, 1.82) is 0 Å². The molecular weight excluding hydrogens is 506 g/mol. The number of nitrogens with one attached hydrogen (secondary N) is 1. The number of ether oxygens (including phenoxy) is 2. The highest BCUT2D eigenvalue weighted by Crippen LogP contribution is 2.42. The summed E-state index contributed by atoms with van der Waals surface area (Å²) in [5, 5.41) is 2.79. The van der Waals surface area contributed by atoms with E-state index in [0.717, 1.165) is 0 Å². The molecule has 1 amide bonds. The van der Waals surface area contributed by atoms with Gasteiger partial charge < -0.3 is 14.8 Å². The van der Waals surface area contributed by atoms with Crippen LogP contribution in [0.4, 0.5) is 5.69 Å². The number of carbonyl (C=O) groups is 2. The first-order valence-corrected chi connectivity index (χ1v) is 9.68. The lowest BCUT2D eigenvalue weighted by Gasteiger charge is -2.13. The molecule has 0 unspecified atom stereocenters. The molecule has 0 saturated heterocycles. The zero-order chi connectivity index (χ0) is 16.7. The molecular formula is C13H14Br3NO4S. The fraction of sp³-hybridized carbons (Fsp3) is 0.385. The molecule has 122 valence electrons. The van der Waals surface area contributed by atoms with Crippen LogP contribution < -0.4 is 10.1 Å².